The Balaban J connectivity index is 2.08. The quantitative estimate of drug-likeness (QED) is 0.435. The summed E-state index contributed by atoms with van der Waals surface area (Å²) in [6.45, 7) is -0.504. The molecule has 0 aliphatic heterocycles. The average molecular weight is 369 g/mol. The van der Waals surface area contributed by atoms with Crippen LogP contribution in [0.1, 0.15) is 17.9 Å². The normalized spacial score (nSPS) is 12.6. The van der Waals surface area contributed by atoms with Gasteiger partial charge in [-0.3, -0.25) is 10.1 Å². The Bertz CT molecular complexity index is 841. The minimum absolute atomic E-state index is 0.0167. The van der Waals surface area contributed by atoms with Gasteiger partial charge in [-0.25, -0.2) is 4.39 Å². The number of aliphatic hydroxyl groups excluding tert-OH is 1. The third-order valence-electron chi connectivity index (χ3n) is 3.54. The molecule has 25 heavy (non-hydrogen) atoms. The van der Waals surface area contributed by atoms with Crippen LogP contribution in [0.15, 0.2) is 48.5 Å². The third kappa shape index (κ3) is 5.23. The maximum absolute atomic E-state index is 14.0. The number of halogens is 1. The fraction of sp³-hybridized carbons (Fsp3) is 0.250. The summed E-state index contributed by atoms with van der Waals surface area (Å²) in [4.78, 5) is 9.89. The van der Waals surface area contributed by atoms with Crippen molar-refractivity contribution in [3.8, 4) is 5.75 Å². The average Bonchev–Trinajstić information content (AvgIpc) is 2.56. The molecule has 0 aliphatic rings. The largest absolute Gasteiger partial charge is 0.396 e. The predicted molar refractivity (Wildman–Crippen MR) is 88.4 cm³/mol. The monoisotopic (exact) mass is 369 g/mol. The van der Waals surface area contributed by atoms with Crippen molar-refractivity contribution in [2.24, 2.45) is 0 Å². The van der Waals surface area contributed by atoms with E-state index in [0.29, 0.717) is 0 Å². The molecule has 0 aromatic heterocycles. The molecule has 0 amide bonds. The lowest BCUT2D eigenvalue weighted by Gasteiger charge is -2.15. The van der Waals surface area contributed by atoms with Crippen LogP contribution in [-0.4, -0.2) is 30.8 Å². The molecule has 9 heteroatoms. The predicted octanol–water partition coefficient (Wildman–Crippen LogP) is 2.61. The second-order valence-electron chi connectivity index (χ2n) is 5.29. The summed E-state index contributed by atoms with van der Waals surface area (Å²) in [7, 11) is -3.92. The van der Waals surface area contributed by atoms with Gasteiger partial charge in [-0.15, -0.1) is 0 Å². The summed E-state index contributed by atoms with van der Waals surface area (Å²) in [5.74, 6) is -1.97. The zero-order chi connectivity index (χ0) is 18.4. The highest BCUT2D eigenvalue weighted by Crippen LogP contribution is 2.26. The van der Waals surface area contributed by atoms with E-state index < -0.39 is 44.8 Å². The standard InChI is InChI=1S/C16H16FNO6S/c17-16-10-13(18(20)21)6-7-15(16)12(11-19)8-9-25(22,23)24-14-4-2-1-3-5-14/h1-7,10,12,19H,8-9,11H2. The van der Waals surface area contributed by atoms with Gasteiger partial charge in [0.15, 0.2) is 0 Å². The van der Waals surface area contributed by atoms with E-state index in [0.717, 1.165) is 12.1 Å². The fourth-order valence-electron chi connectivity index (χ4n) is 2.26. The van der Waals surface area contributed by atoms with Crippen LogP contribution >= 0.6 is 0 Å². The molecule has 2 rings (SSSR count). The SMILES string of the molecule is O=[N+]([O-])c1ccc(C(CO)CCS(=O)(=O)Oc2ccccc2)c(F)c1. The van der Waals surface area contributed by atoms with E-state index in [1.54, 1.807) is 18.2 Å². The lowest BCUT2D eigenvalue weighted by molar-refractivity contribution is -0.385. The highest BCUT2D eigenvalue weighted by molar-refractivity contribution is 7.87. The van der Waals surface area contributed by atoms with Crippen molar-refractivity contribution in [1.82, 2.24) is 0 Å². The van der Waals surface area contributed by atoms with Crippen LogP contribution in [0.3, 0.4) is 0 Å². The van der Waals surface area contributed by atoms with E-state index in [4.69, 9.17) is 4.18 Å². The van der Waals surface area contributed by atoms with E-state index in [1.807, 2.05) is 0 Å². The summed E-state index contributed by atoms with van der Waals surface area (Å²) >= 11 is 0. The van der Waals surface area contributed by atoms with Crippen LogP contribution < -0.4 is 4.18 Å². The fourth-order valence-corrected chi connectivity index (χ4v) is 3.32. The van der Waals surface area contributed by atoms with Gasteiger partial charge < -0.3 is 9.29 Å². The number of nitrogens with zero attached hydrogens (tertiary/aromatic N) is 1. The smallest absolute Gasteiger partial charge is 0.309 e. The summed E-state index contributed by atoms with van der Waals surface area (Å²) in [6.07, 6.45) is -0.0968. The molecule has 0 bridgehead atoms. The van der Waals surface area contributed by atoms with Gasteiger partial charge in [-0.2, -0.15) is 8.42 Å². The molecule has 7 nitrogen and oxygen atoms in total. The van der Waals surface area contributed by atoms with Crippen molar-refractivity contribution >= 4 is 15.8 Å². The van der Waals surface area contributed by atoms with Crippen molar-refractivity contribution < 1.29 is 27.0 Å². The summed E-state index contributed by atoms with van der Waals surface area (Å²) < 4.78 is 42.9. The molecule has 0 spiro atoms. The van der Waals surface area contributed by atoms with E-state index >= 15 is 0 Å². The number of para-hydroxylation sites is 1. The first-order valence-corrected chi connectivity index (χ1v) is 8.92. The second kappa shape index (κ2) is 8.04. The van der Waals surface area contributed by atoms with Gasteiger partial charge in [0.1, 0.15) is 11.6 Å². The Hall–Kier alpha value is -2.52. The second-order valence-corrected chi connectivity index (χ2v) is 6.98. The summed E-state index contributed by atoms with van der Waals surface area (Å²) in [5.41, 5.74) is -0.402. The highest BCUT2D eigenvalue weighted by atomic mass is 32.2. The lowest BCUT2D eigenvalue weighted by Crippen LogP contribution is -2.18. The van der Waals surface area contributed by atoms with E-state index in [1.165, 1.54) is 18.2 Å². The molecular weight excluding hydrogens is 353 g/mol. The Kier molecular flexibility index (Phi) is 6.05. The molecule has 0 saturated carbocycles. The van der Waals surface area contributed by atoms with Crippen LogP contribution in [0.25, 0.3) is 0 Å². The minimum atomic E-state index is -3.92. The number of non-ortho nitro benzene ring substituents is 1. The van der Waals surface area contributed by atoms with E-state index in [2.05, 4.69) is 0 Å². The van der Waals surface area contributed by atoms with Crippen molar-refractivity contribution in [1.29, 1.82) is 0 Å². The highest BCUT2D eigenvalue weighted by Gasteiger charge is 2.22. The zero-order valence-electron chi connectivity index (χ0n) is 13.0. The minimum Gasteiger partial charge on any atom is -0.396 e. The van der Waals surface area contributed by atoms with Crippen LogP contribution in [-0.2, 0) is 10.1 Å². The number of nitro benzene ring substituents is 1. The van der Waals surface area contributed by atoms with Gasteiger partial charge in [0.05, 0.1) is 23.3 Å². The van der Waals surface area contributed by atoms with Crippen LogP contribution in [0, 0.1) is 15.9 Å². The first kappa shape index (κ1) is 18.8. The van der Waals surface area contributed by atoms with Crippen molar-refractivity contribution in [3.63, 3.8) is 0 Å². The van der Waals surface area contributed by atoms with Crippen LogP contribution in [0.5, 0.6) is 5.75 Å². The lowest BCUT2D eigenvalue weighted by atomic mass is 9.96. The number of nitro groups is 1. The Morgan fingerprint density at radius 2 is 1.88 bits per heavy atom. The van der Waals surface area contributed by atoms with Crippen molar-refractivity contribution in [3.05, 3.63) is 70.0 Å². The molecule has 0 saturated heterocycles. The number of hydrogen-bond acceptors (Lipinski definition) is 6. The zero-order valence-corrected chi connectivity index (χ0v) is 13.9. The number of rotatable bonds is 8. The van der Waals surface area contributed by atoms with Crippen LogP contribution in [0.4, 0.5) is 10.1 Å². The molecule has 1 unspecified atom stereocenters. The first-order chi connectivity index (χ1) is 11.8. The maximum atomic E-state index is 14.0. The Morgan fingerprint density at radius 3 is 2.44 bits per heavy atom. The van der Waals surface area contributed by atoms with Gasteiger partial charge in [-0.1, -0.05) is 18.2 Å². The van der Waals surface area contributed by atoms with Gasteiger partial charge in [0.25, 0.3) is 5.69 Å². The van der Waals surface area contributed by atoms with Gasteiger partial charge in [0.2, 0.25) is 0 Å². The summed E-state index contributed by atoms with van der Waals surface area (Å²) in [6, 6.07) is 10.9. The molecule has 0 fully saturated rings. The summed E-state index contributed by atoms with van der Waals surface area (Å²) in [5, 5.41) is 20.1. The number of aliphatic hydroxyl groups is 1. The molecule has 1 N–H and O–H groups in total. The molecule has 2 aromatic carbocycles. The first-order valence-electron chi connectivity index (χ1n) is 7.34. The molecule has 0 heterocycles. The topological polar surface area (TPSA) is 107 Å². The molecule has 0 radical (unpaired) electrons. The van der Waals surface area contributed by atoms with E-state index in [-0.39, 0.29) is 17.7 Å². The third-order valence-corrected chi connectivity index (χ3v) is 4.72. The van der Waals surface area contributed by atoms with Crippen molar-refractivity contribution in [2.75, 3.05) is 12.4 Å². The molecule has 134 valence electrons. The van der Waals surface area contributed by atoms with Crippen molar-refractivity contribution in [2.45, 2.75) is 12.3 Å². The Morgan fingerprint density at radius 1 is 1.20 bits per heavy atom. The number of hydrogen-bond donors (Lipinski definition) is 1. The number of benzene rings is 2. The Labute approximate surface area is 144 Å². The molecular formula is C16H16FNO6S. The maximum Gasteiger partial charge on any atom is 0.309 e. The molecule has 0 aliphatic carbocycles. The van der Waals surface area contributed by atoms with Crippen LogP contribution in [0.2, 0.25) is 0 Å². The molecule has 2 aromatic rings. The van der Waals surface area contributed by atoms with Gasteiger partial charge in [-0.05, 0) is 30.2 Å². The molecule has 1 atom stereocenters. The van der Waals surface area contributed by atoms with Gasteiger partial charge in [0, 0.05) is 12.0 Å². The van der Waals surface area contributed by atoms with E-state index in [9.17, 15) is 28.0 Å². The van der Waals surface area contributed by atoms with Gasteiger partial charge >= 0.3 is 10.1 Å².